The zero-order valence-corrected chi connectivity index (χ0v) is 15.4. The van der Waals surface area contributed by atoms with E-state index in [-0.39, 0.29) is 30.1 Å². The third-order valence-corrected chi connectivity index (χ3v) is 4.30. The molecule has 0 bridgehead atoms. The van der Waals surface area contributed by atoms with Gasteiger partial charge in [-0.2, -0.15) is 0 Å². The summed E-state index contributed by atoms with van der Waals surface area (Å²) in [5.41, 5.74) is 0.699. The minimum Gasteiger partial charge on any atom is -0.392 e. The predicted octanol–water partition coefficient (Wildman–Crippen LogP) is 4.23. The molecule has 3 atom stereocenters. The van der Waals surface area contributed by atoms with Gasteiger partial charge in [-0.15, -0.1) is 0 Å². The molecule has 0 aromatic heterocycles. The van der Waals surface area contributed by atoms with Crippen molar-refractivity contribution in [1.82, 2.24) is 0 Å². The number of Topliss-reactive ketones (excluding diaryl/α,β-unsaturated/α-hetero) is 1. The fraction of sp³-hybridized carbons (Fsp3) is 0.650. The first-order chi connectivity index (χ1) is 10.6. The van der Waals surface area contributed by atoms with Crippen molar-refractivity contribution in [2.45, 2.75) is 66.8 Å². The molecule has 1 rings (SSSR count). The topological polar surface area (TPSA) is 46.5 Å². The van der Waals surface area contributed by atoms with E-state index in [0.717, 1.165) is 5.56 Å². The Morgan fingerprint density at radius 2 is 1.70 bits per heavy atom. The molecule has 3 heteroatoms. The van der Waals surface area contributed by atoms with Crippen LogP contribution in [0, 0.1) is 17.3 Å². The molecule has 0 aliphatic heterocycles. The summed E-state index contributed by atoms with van der Waals surface area (Å²) in [7, 11) is 0. The van der Waals surface area contributed by atoms with Gasteiger partial charge in [-0.05, 0) is 11.5 Å². The van der Waals surface area contributed by atoms with E-state index in [1.54, 1.807) is 0 Å². The average Bonchev–Trinajstić information content (AvgIpc) is 2.46. The molecule has 23 heavy (non-hydrogen) atoms. The maximum absolute atomic E-state index is 12.2. The molecule has 130 valence electrons. The van der Waals surface area contributed by atoms with Crippen LogP contribution in [0.4, 0.5) is 0 Å². The second-order valence-corrected chi connectivity index (χ2v) is 7.81. The van der Waals surface area contributed by atoms with Crippen molar-refractivity contribution in [2.24, 2.45) is 17.3 Å². The number of hydrogen-bond donors (Lipinski definition) is 1. The Morgan fingerprint density at radius 1 is 1.13 bits per heavy atom. The molecule has 0 amide bonds. The molecule has 0 spiro atoms. The molecular weight excluding hydrogens is 288 g/mol. The maximum Gasteiger partial charge on any atom is 0.140 e. The lowest BCUT2D eigenvalue weighted by Crippen LogP contribution is -2.38. The quantitative estimate of drug-likeness (QED) is 0.779. The van der Waals surface area contributed by atoms with Crippen LogP contribution in [0.3, 0.4) is 0 Å². The second-order valence-electron chi connectivity index (χ2n) is 7.81. The van der Waals surface area contributed by atoms with E-state index in [2.05, 4.69) is 13.8 Å². The molecule has 1 aromatic carbocycles. The van der Waals surface area contributed by atoms with Crippen molar-refractivity contribution in [3.63, 3.8) is 0 Å². The number of ketones is 1. The van der Waals surface area contributed by atoms with Crippen molar-refractivity contribution < 1.29 is 14.6 Å². The van der Waals surface area contributed by atoms with Crippen LogP contribution in [0.2, 0.25) is 0 Å². The van der Waals surface area contributed by atoms with Crippen LogP contribution in [-0.4, -0.2) is 23.1 Å². The monoisotopic (exact) mass is 320 g/mol. The molecule has 0 aliphatic rings. The number of ether oxygens (including phenoxy) is 1. The van der Waals surface area contributed by atoms with Crippen molar-refractivity contribution in [2.75, 3.05) is 0 Å². The summed E-state index contributed by atoms with van der Waals surface area (Å²) < 4.78 is 6.07. The third kappa shape index (κ3) is 6.44. The molecule has 0 heterocycles. The first-order valence-electron chi connectivity index (χ1n) is 8.49. The summed E-state index contributed by atoms with van der Waals surface area (Å²) in [4.78, 5) is 12.2. The molecule has 0 radical (unpaired) electrons. The highest BCUT2D eigenvalue weighted by molar-refractivity contribution is 5.84. The van der Waals surface area contributed by atoms with Gasteiger partial charge in [0.2, 0.25) is 0 Å². The van der Waals surface area contributed by atoms with Gasteiger partial charge in [0.15, 0.2) is 0 Å². The summed E-state index contributed by atoms with van der Waals surface area (Å²) in [6.45, 7) is 12.3. The van der Waals surface area contributed by atoms with E-state index >= 15 is 0 Å². The fourth-order valence-corrected chi connectivity index (χ4v) is 2.62. The van der Waals surface area contributed by atoms with Gasteiger partial charge in [0.05, 0.1) is 18.8 Å². The Bertz CT molecular complexity index is 473. The van der Waals surface area contributed by atoms with Gasteiger partial charge in [-0.1, -0.05) is 71.9 Å². The van der Waals surface area contributed by atoms with Gasteiger partial charge in [0, 0.05) is 17.8 Å². The molecule has 0 saturated carbocycles. The van der Waals surface area contributed by atoms with Crippen LogP contribution in [0.15, 0.2) is 30.3 Å². The molecule has 3 nitrogen and oxygen atoms in total. The largest absolute Gasteiger partial charge is 0.392 e. The molecule has 1 N–H and O–H groups in total. The van der Waals surface area contributed by atoms with Crippen LogP contribution in [-0.2, 0) is 16.1 Å². The van der Waals surface area contributed by atoms with Crippen LogP contribution >= 0.6 is 0 Å². The summed E-state index contributed by atoms with van der Waals surface area (Å²) in [5, 5.41) is 10.5. The summed E-state index contributed by atoms with van der Waals surface area (Å²) in [5.74, 6) is 0.264. The number of rotatable bonds is 8. The highest BCUT2D eigenvalue weighted by atomic mass is 16.5. The highest BCUT2D eigenvalue weighted by Crippen LogP contribution is 2.26. The van der Waals surface area contributed by atoms with E-state index in [0.29, 0.717) is 6.61 Å². The van der Waals surface area contributed by atoms with Gasteiger partial charge in [-0.3, -0.25) is 4.79 Å². The number of aliphatic hydroxyl groups excluding tert-OH is 1. The van der Waals surface area contributed by atoms with Gasteiger partial charge in [0.1, 0.15) is 5.78 Å². The molecular formula is C20H32O3. The number of aliphatic hydroxyl groups is 1. The van der Waals surface area contributed by atoms with Gasteiger partial charge in [0.25, 0.3) is 0 Å². The third-order valence-electron chi connectivity index (χ3n) is 4.30. The lowest BCUT2D eigenvalue weighted by Gasteiger charge is -2.32. The summed E-state index contributed by atoms with van der Waals surface area (Å²) in [6.07, 6.45) is -0.578. The van der Waals surface area contributed by atoms with Gasteiger partial charge >= 0.3 is 0 Å². The molecule has 0 saturated heterocycles. The van der Waals surface area contributed by atoms with E-state index < -0.39 is 11.5 Å². The zero-order valence-electron chi connectivity index (χ0n) is 15.4. The normalized spacial score (nSPS) is 16.2. The smallest absolute Gasteiger partial charge is 0.140 e. The lowest BCUT2D eigenvalue weighted by molar-refractivity contribution is -0.130. The fourth-order valence-electron chi connectivity index (χ4n) is 2.62. The van der Waals surface area contributed by atoms with Crippen LogP contribution in [0.5, 0.6) is 0 Å². The van der Waals surface area contributed by atoms with E-state index in [4.69, 9.17) is 4.74 Å². The lowest BCUT2D eigenvalue weighted by atomic mass is 9.82. The van der Waals surface area contributed by atoms with Crippen molar-refractivity contribution in [3.8, 4) is 0 Å². The number of hydrogen-bond acceptors (Lipinski definition) is 3. The molecule has 0 unspecified atom stereocenters. The number of carbonyl (C=O) groups excluding carboxylic acids is 1. The standard InChI is InChI=1S/C20H32O3/c1-14(2)19(23-13-16-10-8-7-9-11-16)15(3)17(21)12-18(22)20(4,5)6/h7-11,14-15,17,19,21H,12-13H2,1-6H3/t15-,17+,19+/m0/s1. The Labute approximate surface area is 141 Å². The Kier molecular flexibility index (Phi) is 7.43. The Hall–Kier alpha value is -1.19. The van der Waals surface area contributed by atoms with Crippen LogP contribution < -0.4 is 0 Å². The van der Waals surface area contributed by atoms with E-state index in [9.17, 15) is 9.90 Å². The number of carbonyl (C=O) groups is 1. The first kappa shape index (κ1) is 19.9. The Morgan fingerprint density at radius 3 is 2.17 bits per heavy atom. The Balaban J connectivity index is 2.66. The average molecular weight is 320 g/mol. The van der Waals surface area contributed by atoms with Gasteiger partial charge in [-0.25, -0.2) is 0 Å². The minimum absolute atomic E-state index is 0.0852. The maximum atomic E-state index is 12.2. The molecule has 1 aromatic rings. The molecule has 0 aliphatic carbocycles. The SMILES string of the molecule is CC(C)[C@@H](OCc1ccccc1)[C@@H](C)[C@H](O)CC(=O)C(C)(C)C. The summed E-state index contributed by atoms with van der Waals surface area (Å²) in [6, 6.07) is 10.0. The zero-order chi connectivity index (χ0) is 17.6. The first-order valence-corrected chi connectivity index (χ1v) is 8.49. The highest BCUT2D eigenvalue weighted by Gasteiger charge is 2.31. The van der Waals surface area contributed by atoms with Crippen molar-refractivity contribution in [1.29, 1.82) is 0 Å². The van der Waals surface area contributed by atoms with Crippen LogP contribution in [0.25, 0.3) is 0 Å². The predicted molar refractivity (Wildman–Crippen MR) is 94.1 cm³/mol. The number of benzene rings is 1. The van der Waals surface area contributed by atoms with Crippen molar-refractivity contribution >= 4 is 5.78 Å². The molecule has 0 fully saturated rings. The summed E-state index contributed by atoms with van der Waals surface area (Å²) >= 11 is 0. The van der Waals surface area contributed by atoms with Gasteiger partial charge < -0.3 is 9.84 Å². The van der Waals surface area contributed by atoms with E-state index in [1.807, 2.05) is 58.0 Å². The van der Waals surface area contributed by atoms with Crippen molar-refractivity contribution in [3.05, 3.63) is 35.9 Å². The van der Waals surface area contributed by atoms with Crippen LogP contribution in [0.1, 0.15) is 53.5 Å². The van der Waals surface area contributed by atoms with E-state index in [1.165, 1.54) is 0 Å². The minimum atomic E-state index is -0.676. The second kappa shape index (κ2) is 8.60.